The highest BCUT2D eigenvalue weighted by atomic mass is 35.5. The Morgan fingerprint density at radius 1 is 1.43 bits per heavy atom. The fourth-order valence-electron chi connectivity index (χ4n) is 4.35. The van der Waals surface area contributed by atoms with Crippen molar-refractivity contribution in [2.45, 2.75) is 24.9 Å². The van der Waals surface area contributed by atoms with Crippen molar-refractivity contribution >= 4 is 63.3 Å². The molecule has 37 heavy (non-hydrogen) atoms. The minimum Gasteiger partial charge on any atom is -0.543 e. The van der Waals surface area contributed by atoms with Crippen molar-refractivity contribution in [3.05, 3.63) is 57.7 Å². The second-order valence-corrected chi connectivity index (χ2v) is 10.6. The largest absolute Gasteiger partial charge is 0.543 e. The summed E-state index contributed by atoms with van der Waals surface area (Å²) in [6, 6.07) is 2.70. The highest BCUT2D eigenvalue weighted by molar-refractivity contribution is 8.00. The number of carboxylic acid groups (broad SMARTS) is 1. The lowest BCUT2D eigenvalue weighted by Crippen LogP contribution is -2.71. The number of thiazole rings is 1. The maximum absolute atomic E-state index is 13.1. The summed E-state index contributed by atoms with van der Waals surface area (Å²) in [5.41, 5.74) is 7.80. The molecular formula is C22H20ClN7O5S2. The highest BCUT2D eigenvalue weighted by Gasteiger charge is 2.53. The SMILES string of the molecule is CO/N=C(\C(=O)N[C@@H]1C(=O)N2C(C(=O)[O-])=C(Cn3cc[n+]4c(Cl)ccc-4c3C)CS[C@@H]12)c1csc(N)n1. The number of aromatic nitrogens is 3. The minimum atomic E-state index is -1.46. The molecule has 2 amide bonds. The van der Waals surface area contributed by atoms with Gasteiger partial charge in [-0.25, -0.2) is 4.98 Å². The average molecular weight is 562 g/mol. The number of carboxylic acids is 1. The summed E-state index contributed by atoms with van der Waals surface area (Å²) in [7, 11) is 1.28. The molecule has 5 heterocycles. The first kappa shape index (κ1) is 25.0. The molecule has 0 aromatic carbocycles. The summed E-state index contributed by atoms with van der Waals surface area (Å²) >= 11 is 8.67. The predicted octanol–water partition coefficient (Wildman–Crippen LogP) is -0.342. The molecule has 1 fully saturated rings. The third-order valence-electron chi connectivity index (χ3n) is 6.12. The molecule has 0 unspecified atom stereocenters. The van der Waals surface area contributed by atoms with E-state index in [1.165, 1.54) is 23.8 Å². The number of rotatable bonds is 7. The van der Waals surface area contributed by atoms with Crippen LogP contribution in [0.2, 0.25) is 5.15 Å². The molecule has 0 radical (unpaired) electrons. The monoisotopic (exact) mass is 561 g/mol. The average Bonchev–Trinajstić information content (AvgIpc) is 3.47. The van der Waals surface area contributed by atoms with E-state index in [4.69, 9.17) is 22.2 Å². The van der Waals surface area contributed by atoms with E-state index in [2.05, 4.69) is 15.5 Å². The molecule has 0 saturated carbocycles. The number of anilines is 1. The smallest absolute Gasteiger partial charge is 0.281 e. The van der Waals surface area contributed by atoms with E-state index in [9.17, 15) is 19.5 Å². The second kappa shape index (κ2) is 9.68. The quantitative estimate of drug-likeness (QED) is 0.171. The number of halogens is 1. The first-order chi connectivity index (χ1) is 17.7. The van der Waals surface area contributed by atoms with E-state index in [1.807, 2.05) is 22.1 Å². The lowest BCUT2D eigenvalue weighted by molar-refractivity contribution is -0.591. The van der Waals surface area contributed by atoms with Crippen molar-refractivity contribution in [1.82, 2.24) is 19.8 Å². The first-order valence-corrected chi connectivity index (χ1v) is 13.2. The van der Waals surface area contributed by atoms with Crippen LogP contribution in [0.4, 0.5) is 5.13 Å². The number of nitrogens with one attached hydrogen (secondary N) is 1. The van der Waals surface area contributed by atoms with E-state index < -0.39 is 29.2 Å². The molecule has 12 nitrogen and oxygen atoms in total. The zero-order valence-electron chi connectivity index (χ0n) is 19.5. The number of β-lactam (4-membered cyclic amide) rings is 1. The Morgan fingerprint density at radius 3 is 2.89 bits per heavy atom. The summed E-state index contributed by atoms with van der Waals surface area (Å²) in [6.07, 6.45) is 3.59. The normalized spacial score (nSPS) is 19.6. The topological polar surface area (TPSA) is 159 Å². The van der Waals surface area contributed by atoms with Gasteiger partial charge >= 0.3 is 0 Å². The van der Waals surface area contributed by atoms with Crippen LogP contribution in [-0.4, -0.2) is 62.2 Å². The van der Waals surface area contributed by atoms with Crippen molar-refractivity contribution in [2.75, 3.05) is 18.6 Å². The number of hydrogen-bond donors (Lipinski definition) is 2. The molecule has 15 heteroatoms. The first-order valence-electron chi connectivity index (χ1n) is 10.9. The van der Waals surface area contributed by atoms with Crippen LogP contribution in [-0.2, 0) is 25.8 Å². The summed E-state index contributed by atoms with van der Waals surface area (Å²) in [5, 5.41) is 20.2. The molecular weight excluding hydrogens is 542 g/mol. The number of carbonyl (C=O) groups excluding carboxylic acids is 3. The predicted molar refractivity (Wildman–Crippen MR) is 134 cm³/mol. The molecule has 0 aliphatic carbocycles. The number of nitrogens with zero attached hydrogens (tertiary/aromatic N) is 5. The Hall–Kier alpha value is -3.62. The fraction of sp³-hybridized carbons (Fsp3) is 0.273. The fourth-order valence-corrected chi connectivity index (χ4v) is 6.44. The van der Waals surface area contributed by atoms with Crippen LogP contribution in [0.3, 0.4) is 0 Å². The number of nitrogen functional groups attached to an aromatic ring is 1. The van der Waals surface area contributed by atoms with E-state index in [1.54, 1.807) is 23.8 Å². The number of hydrogen-bond acceptors (Lipinski definition) is 10. The van der Waals surface area contributed by atoms with E-state index in [0.29, 0.717) is 16.5 Å². The Labute approximate surface area is 223 Å². The van der Waals surface area contributed by atoms with Crippen molar-refractivity contribution < 1.29 is 28.9 Å². The van der Waals surface area contributed by atoms with Crippen molar-refractivity contribution in [3.63, 3.8) is 0 Å². The number of fused-ring (bicyclic) bond motifs is 2. The molecule has 5 rings (SSSR count). The van der Waals surface area contributed by atoms with Crippen LogP contribution in [0, 0.1) is 6.92 Å². The lowest BCUT2D eigenvalue weighted by atomic mass is 10.0. The van der Waals surface area contributed by atoms with Gasteiger partial charge in [-0.3, -0.25) is 14.5 Å². The van der Waals surface area contributed by atoms with Crippen LogP contribution in [0.15, 0.2) is 46.3 Å². The summed E-state index contributed by atoms with van der Waals surface area (Å²) in [5.74, 6) is -2.39. The lowest BCUT2D eigenvalue weighted by Gasteiger charge is -2.50. The van der Waals surface area contributed by atoms with Gasteiger partial charge in [0.1, 0.15) is 24.2 Å². The third-order valence-corrected chi connectivity index (χ3v) is 8.44. The van der Waals surface area contributed by atoms with Crippen molar-refractivity contribution in [3.8, 4) is 5.69 Å². The molecule has 0 bridgehead atoms. The number of nitrogens with two attached hydrogens (primary N) is 1. The Kier molecular flexibility index (Phi) is 6.56. The van der Waals surface area contributed by atoms with Gasteiger partial charge in [-0.2, -0.15) is 0 Å². The van der Waals surface area contributed by atoms with Gasteiger partial charge in [-0.15, -0.1) is 27.7 Å². The zero-order valence-corrected chi connectivity index (χ0v) is 21.9. The van der Waals surface area contributed by atoms with Gasteiger partial charge in [0.15, 0.2) is 17.0 Å². The number of aliphatic carboxylic acids is 1. The van der Waals surface area contributed by atoms with Crippen LogP contribution in [0.5, 0.6) is 0 Å². The van der Waals surface area contributed by atoms with Gasteiger partial charge in [0.25, 0.3) is 17.0 Å². The van der Waals surface area contributed by atoms with Crippen LogP contribution >= 0.6 is 34.7 Å². The summed E-state index contributed by atoms with van der Waals surface area (Å²) < 4.78 is 3.71. The van der Waals surface area contributed by atoms with Crippen LogP contribution in [0.25, 0.3) is 5.69 Å². The van der Waals surface area contributed by atoms with E-state index in [0.717, 1.165) is 22.7 Å². The number of oxime groups is 1. The van der Waals surface area contributed by atoms with Gasteiger partial charge in [0.05, 0.1) is 23.6 Å². The number of thioether (sulfide) groups is 1. The molecule has 1 aromatic heterocycles. The molecule has 1 saturated heterocycles. The molecule has 3 N–H and O–H groups in total. The molecule has 1 aromatic rings. The number of amides is 2. The highest BCUT2D eigenvalue weighted by Crippen LogP contribution is 2.40. The molecule has 4 aliphatic heterocycles. The van der Waals surface area contributed by atoms with E-state index >= 15 is 0 Å². The second-order valence-electron chi connectivity index (χ2n) is 8.22. The molecule has 4 aliphatic rings. The van der Waals surface area contributed by atoms with Crippen LogP contribution < -0.4 is 20.7 Å². The van der Waals surface area contributed by atoms with Crippen LogP contribution in [0.1, 0.15) is 11.4 Å². The van der Waals surface area contributed by atoms with Crippen molar-refractivity contribution in [1.29, 1.82) is 0 Å². The van der Waals surface area contributed by atoms with Crippen molar-refractivity contribution in [2.24, 2.45) is 5.16 Å². The maximum Gasteiger partial charge on any atom is 0.281 e. The van der Waals surface area contributed by atoms with Gasteiger partial charge in [0, 0.05) is 29.8 Å². The maximum atomic E-state index is 13.1. The van der Waals surface area contributed by atoms with Gasteiger partial charge in [-0.1, -0.05) is 5.16 Å². The Bertz CT molecular complexity index is 1470. The third kappa shape index (κ3) is 4.30. The molecule has 192 valence electrons. The van der Waals surface area contributed by atoms with Gasteiger partial charge < -0.3 is 30.4 Å². The number of carbonyl (C=O) groups is 3. The van der Waals surface area contributed by atoms with E-state index in [-0.39, 0.29) is 28.8 Å². The minimum absolute atomic E-state index is 0.147. The summed E-state index contributed by atoms with van der Waals surface area (Å²) in [6.45, 7) is 2.14. The Balaban J connectivity index is 1.38. The standard InChI is InChI=1S/C22H20ClN7O5S2/c1-10-13-3-4-14(23)29(13)6-5-28(10)7-11-8-36-20-16(19(32)30(20)17(11)21(33)34)26-18(31)15(27-35-2)12-9-37-22(24)25-12/h3-6,9,16,20H,7-8H2,1-2H3,(H3-,24,25,26,31,33,34)/b27-15-/t16-,20+/m1/s1. The zero-order chi connectivity index (χ0) is 26.4. The summed E-state index contributed by atoms with van der Waals surface area (Å²) in [4.78, 5) is 48.1. The van der Waals surface area contributed by atoms with Gasteiger partial charge in [0.2, 0.25) is 5.69 Å². The Morgan fingerprint density at radius 2 is 2.22 bits per heavy atom. The van der Waals surface area contributed by atoms with Gasteiger partial charge in [-0.05, 0) is 24.1 Å². The molecule has 2 atom stereocenters. The molecule has 0 spiro atoms.